The lowest BCUT2D eigenvalue weighted by molar-refractivity contribution is 0.0508. The Hall–Kier alpha value is -1.31. The average molecular weight is 245 g/mol. The van der Waals surface area contributed by atoms with E-state index in [1.54, 1.807) is 0 Å². The Morgan fingerprint density at radius 2 is 1.72 bits per heavy atom. The molecule has 18 heavy (non-hydrogen) atoms. The smallest absolute Gasteiger partial charge is 0.253 e. The van der Waals surface area contributed by atoms with Crippen LogP contribution in [0.2, 0.25) is 0 Å². The molecule has 0 atom stereocenters. The van der Waals surface area contributed by atoms with Crippen LogP contribution in [0.5, 0.6) is 0 Å². The van der Waals surface area contributed by atoms with Crippen LogP contribution in [-0.2, 0) is 0 Å². The van der Waals surface area contributed by atoms with E-state index in [9.17, 15) is 4.79 Å². The Morgan fingerprint density at radius 3 is 2.22 bits per heavy atom. The molecule has 0 bridgehead atoms. The normalized spacial score (nSPS) is 19.0. The van der Waals surface area contributed by atoms with Crippen molar-refractivity contribution in [3.8, 4) is 0 Å². The number of likely N-dealkylation sites (tertiary alicyclic amines) is 1. The van der Waals surface area contributed by atoms with Crippen molar-refractivity contribution >= 4 is 5.91 Å². The van der Waals surface area contributed by atoms with Crippen LogP contribution in [-0.4, -0.2) is 23.9 Å². The maximum Gasteiger partial charge on any atom is 0.253 e. The van der Waals surface area contributed by atoms with Gasteiger partial charge >= 0.3 is 0 Å². The number of rotatable bonds is 2. The highest BCUT2D eigenvalue weighted by Gasteiger charge is 2.34. The first-order chi connectivity index (χ1) is 8.53. The number of nitrogens with zero attached hydrogens (tertiary/aromatic N) is 1. The van der Waals surface area contributed by atoms with Crippen LogP contribution in [0.25, 0.3) is 0 Å². The zero-order chi connectivity index (χ0) is 13.2. The van der Waals surface area contributed by atoms with Gasteiger partial charge in [0, 0.05) is 18.7 Å². The predicted octanol–water partition coefficient (Wildman–Crippen LogP) is 3.58. The van der Waals surface area contributed by atoms with Gasteiger partial charge in [0.15, 0.2) is 0 Å². The van der Waals surface area contributed by atoms with Crippen molar-refractivity contribution in [1.82, 2.24) is 4.90 Å². The molecule has 98 valence electrons. The van der Waals surface area contributed by atoms with Crippen molar-refractivity contribution in [2.45, 2.75) is 33.6 Å². The van der Waals surface area contributed by atoms with Crippen LogP contribution in [0.15, 0.2) is 30.3 Å². The molecule has 0 N–H and O–H groups in total. The number of benzene rings is 1. The van der Waals surface area contributed by atoms with Crippen molar-refractivity contribution in [2.24, 2.45) is 11.3 Å². The molecule has 0 unspecified atom stereocenters. The van der Waals surface area contributed by atoms with Crippen molar-refractivity contribution in [1.29, 1.82) is 0 Å². The highest BCUT2D eigenvalue weighted by Crippen LogP contribution is 2.38. The second kappa shape index (κ2) is 5.13. The standard InChI is InChI=1S/C16H23NO/c1-13(2)16(3)9-11-17(12-10-16)15(18)14-7-5-4-6-8-14/h4-8,13H,9-12H2,1-3H3. The van der Waals surface area contributed by atoms with E-state index >= 15 is 0 Å². The third-order valence-corrected chi connectivity index (χ3v) is 4.61. The Morgan fingerprint density at radius 1 is 1.17 bits per heavy atom. The molecule has 0 aliphatic carbocycles. The lowest BCUT2D eigenvalue weighted by atomic mass is 9.72. The molecule has 0 aromatic heterocycles. The number of carbonyl (C=O) groups excluding carboxylic acids is 1. The highest BCUT2D eigenvalue weighted by molar-refractivity contribution is 5.94. The minimum absolute atomic E-state index is 0.182. The Bertz CT molecular complexity index is 402. The molecule has 2 rings (SSSR count). The summed E-state index contributed by atoms with van der Waals surface area (Å²) in [5.41, 5.74) is 1.21. The van der Waals surface area contributed by atoms with Crippen LogP contribution in [0.4, 0.5) is 0 Å². The number of amides is 1. The second-order valence-corrected chi connectivity index (χ2v) is 5.97. The molecule has 1 aliphatic heterocycles. The number of piperidine rings is 1. The molecule has 2 heteroatoms. The van der Waals surface area contributed by atoms with Gasteiger partial charge in [0.2, 0.25) is 0 Å². The van der Waals surface area contributed by atoms with E-state index in [0.717, 1.165) is 31.5 Å². The monoisotopic (exact) mass is 245 g/mol. The molecule has 1 heterocycles. The van der Waals surface area contributed by atoms with Crippen LogP contribution < -0.4 is 0 Å². The molecule has 0 saturated carbocycles. The van der Waals surface area contributed by atoms with E-state index < -0.39 is 0 Å². The third kappa shape index (κ3) is 2.58. The first-order valence-corrected chi connectivity index (χ1v) is 6.87. The molecule has 1 fully saturated rings. The summed E-state index contributed by atoms with van der Waals surface area (Å²) in [7, 11) is 0. The molecule has 1 aromatic rings. The number of hydrogen-bond acceptors (Lipinski definition) is 1. The summed E-state index contributed by atoms with van der Waals surface area (Å²) in [6.07, 6.45) is 2.23. The van der Waals surface area contributed by atoms with Gasteiger partial charge in [-0.05, 0) is 36.3 Å². The fourth-order valence-corrected chi connectivity index (χ4v) is 2.56. The van der Waals surface area contributed by atoms with E-state index in [-0.39, 0.29) is 5.91 Å². The summed E-state index contributed by atoms with van der Waals surface area (Å²) in [5.74, 6) is 0.868. The van der Waals surface area contributed by atoms with Crippen molar-refractivity contribution in [3.63, 3.8) is 0 Å². The zero-order valence-corrected chi connectivity index (χ0v) is 11.6. The summed E-state index contributed by atoms with van der Waals surface area (Å²) in [4.78, 5) is 14.3. The fourth-order valence-electron chi connectivity index (χ4n) is 2.56. The van der Waals surface area contributed by atoms with Gasteiger partial charge in [-0.3, -0.25) is 4.79 Å². The predicted molar refractivity (Wildman–Crippen MR) is 74.5 cm³/mol. The maximum absolute atomic E-state index is 12.3. The SMILES string of the molecule is CC(C)C1(C)CCN(C(=O)c2ccccc2)CC1. The van der Waals surface area contributed by atoms with Crippen LogP contribution in [0.1, 0.15) is 44.0 Å². The van der Waals surface area contributed by atoms with E-state index in [2.05, 4.69) is 20.8 Å². The summed E-state index contributed by atoms with van der Waals surface area (Å²) in [5, 5.41) is 0. The van der Waals surface area contributed by atoms with Gasteiger partial charge < -0.3 is 4.90 Å². The number of carbonyl (C=O) groups is 1. The van der Waals surface area contributed by atoms with Gasteiger partial charge in [0.05, 0.1) is 0 Å². The van der Waals surface area contributed by atoms with Crippen LogP contribution >= 0.6 is 0 Å². The van der Waals surface area contributed by atoms with Gasteiger partial charge in [-0.1, -0.05) is 39.0 Å². The number of hydrogen-bond donors (Lipinski definition) is 0. The van der Waals surface area contributed by atoms with Crippen molar-refractivity contribution in [2.75, 3.05) is 13.1 Å². The quantitative estimate of drug-likeness (QED) is 0.780. The molecular weight excluding hydrogens is 222 g/mol. The van der Waals surface area contributed by atoms with Gasteiger partial charge in [-0.2, -0.15) is 0 Å². The molecule has 1 aliphatic rings. The van der Waals surface area contributed by atoms with Crippen molar-refractivity contribution in [3.05, 3.63) is 35.9 Å². The van der Waals surface area contributed by atoms with Gasteiger partial charge in [-0.15, -0.1) is 0 Å². The highest BCUT2D eigenvalue weighted by atomic mass is 16.2. The topological polar surface area (TPSA) is 20.3 Å². The molecule has 1 amide bonds. The molecule has 2 nitrogen and oxygen atoms in total. The lowest BCUT2D eigenvalue weighted by Gasteiger charge is -2.42. The summed E-state index contributed by atoms with van der Waals surface area (Å²) in [6.45, 7) is 8.70. The van der Waals surface area contributed by atoms with Crippen molar-refractivity contribution < 1.29 is 4.79 Å². The molecule has 1 saturated heterocycles. The van der Waals surface area contributed by atoms with E-state index in [0.29, 0.717) is 11.3 Å². The van der Waals surface area contributed by atoms with Gasteiger partial charge in [0.1, 0.15) is 0 Å². The second-order valence-electron chi connectivity index (χ2n) is 5.97. The van der Waals surface area contributed by atoms with Gasteiger partial charge in [0.25, 0.3) is 5.91 Å². The van der Waals surface area contributed by atoms with E-state index in [1.165, 1.54) is 0 Å². The molecular formula is C16H23NO. The Labute approximate surface area is 110 Å². The molecule has 0 radical (unpaired) electrons. The fraction of sp³-hybridized carbons (Fsp3) is 0.562. The Kier molecular flexibility index (Phi) is 3.74. The Balaban J connectivity index is 2.00. The first kappa shape index (κ1) is 13.1. The maximum atomic E-state index is 12.3. The minimum Gasteiger partial charge on any atom is -0.339 e. The largest absolute Gasteiger partial charge is 0.339 e. The van der Waals surface area contributed by atoms with Gasteiger partial charge in [-0.25, -0.2) is 0 Å². The van der Waals surface area contributed by atoms with Crippen LogP contribution in [0, 0.1) is 11.3 Å². The summed E-state index contributed by atoms with van der Waals surface area (Å²) in [6, 6.07) is 9.60. The zero-order valence-electron chi connectivity index (χ0n) is 11.6. The summed E-state index contributed by atoms with van der Waals surface area (Å²) >= 11 is 0. The first-order valence-electron chi connectivity index (χ1n) is 6.87. The minimum atomic E-state index is 0.182. The molecule has 1 aromatic carbocycles. The lowest BCUT2D eigenvalue weighted by Crippen LogP contribution is -2.43. The van der Waals surface area contributed by atoms with E-state index in [1.807, 2.05) is 35.2 Å². The summed E-state index contributed by atoms with van der Waals surface area (Å²) < 4.78 is 0. The molecule has 0 spiro atoms. The van der Waals surface area contributed by atoms with E-state index in [4.69, 9.17) is 0 Å². The average Bonchev–Trinajstić information content (AvgIpc) is 2.40. The third-order valence-electron chi connectivity index (χ3n) is 4.61. The van der Waals surface area contributed by atoms with Crippen LogP contribution in [0.3, 0.4) is 0 Å².